The number of hydrogen-bond acceptors (Lipinski definition) is 2. The molecule has 0 rings (SSSR count). The van der Waals surface area contributed by atoms with Gasteiger partial charge in [0.25, 0.3) is 0 Å². The van der Waals surface area contributed by atoms with Crippen LogP contribution in [0.4, 0.5) is 0 Å². The predicted molar refractivity (Wildman–Crippen MR) is 52.8 cm³/mol. The van der Waals surface area contributed by atoms with Gasteiger partial charge in [-0.2, -0.15) is 0 Å². The molecule has 0 aromatic rings. The van der Waals surface area contributed by atoms with Crippen molar-refractivity contribution in [3.05, 3.63) is 17.4 Å². The largest absolute Gasteiger partial charge is 0.633 e. The van der Waals surface area contributed by atoms with Gasteiger partial charge in [-0.05, 0) is 6.92 Å². The zero-order valence-corrected chi connectivity index (χ0v) is 8.59. The van der Waals surface area contributed by atoms with E-state index in [1.165, 1.54) is 0 Å². The van der Waals surface area contributed by atoms with E-state index in [2.05, 4.69) is 11.9 Å². The number of hydroxylamine groups is 3. The molecule has 13 heavy (non-hydrogen) atoms. The Labute approximate surface area is 79.4 Å². The third kappa shape index (κ3) is 7.49. The van der Waals surface area contributed by atoms with Crippen LogP contribution in [0, 0.1) is 5.21 Å². The highest BCUT2D eigenvalue weighted by atomic mass is 16.5. The molecule has 0 aromatic heterocycles. The van der Waals surface area contributed by atoms with Crippen molar-refractivity contribution in [3.8, 4) is 0 Å². The lowest BCUT2D eigenvalue weighted by molar-refractivity contribution is -0.840. The minimum absolute atomic E-state index is 0.142. The van der Waals surface area contributed by atoms with Crippen LogP contribution < -0.4 is 5.32 Å². The highest BCUT2D eigenvalue weighted by Crippen LogP contribution is 1.94. The maximum absolute atomic E-state index is 11.1. The van der Waals surface area contributed by atoms with Gasteiger partial charge in [0.15, 0.2) is 0 Å². The average molecular weight is 186 g/mol. The number of hydrogen-bond donors (Lipinski definition) is 1. The van der Waals surface area contributed by atoms with Crippen LogP contribution in [0.3, 0.4) is 0 Å². The van der Waals surface area contributed by atoms with Crippen molar-refractivity contribution in [1.82, 2.24) is 5.32 Å². The quantitative estimate of drug-likeness (QED) is 0.296. The van der Waals surface area contributed by atoms with Crippen molar-refractivity contribution in [3.63, 3.8) is 0 Å². The van der Waals surface area contributed by atoms with Gasteiger partial charge in [-0.1, -0.05) is 6.58 Å². The zero-order valence-electron chi connectivity index (χ0n) is 8.59. The first-order chi connectivity index (χ1) is 5.83. The minimum Gasteiger partial charge on any atom is -0.633 e. The van der Waals surface area contributed by atoms with Crippen LogP contribution in [0.1, 0.15) is 13.3 Å². The Hall–Kier alpha value is -0.870. The molecule has 4 nitrogen and oxygen atoms in total. The lowest BCUT2D eigenvalue weighted by Gasteiger charge is -2.33. The monoisotopic (exact) mass is 186 g/mol. The third-order valence-electron chi connectivity index (χ3n) is 1.55. The predicted octanol–water partition coefficient (Wildman–Crippen LogP) is 0.643. The minimum atomic E-state index is -0.317. The first kappa shape index (κ1) is 12.1. The number of rotatable bonds is 5. The average Bonchev–Trinajstić information content (AvgIpc) is 1.95. The second kappa shape index (κ2) is 4.99. The molecule has 0 aliphatic rings. The fraction of sp³-hybridized carbons (Fsp3) is 0.667. The molecule has 0 radical (unpaired) electrons. The first-order valence-electron chi connectivity index (χ1n) is 4.30. The molecule has 0 atom stereocenters. The van der Waals surface area contributed by atoms with Crippen molar-refractivity contribution >= 4 is 5.91 Å². The summed E-state index contributed by atoms with van der Waals surface area (Å²) >= 11 is 0. The fourth-order valence-electron chi connectivity index (χ4n) is 0.813. The summed E-state index contributed by atoms with van der Waals surface area (Å²) in [5, 5.41) is 13.8. The molecule has 0 fully saturated rings. The fourth-order valence-corrected chi connectivity index (χ4v) is 0.813. The Balaban J connectivity index is 3.47. The Kier molecular flexibility index (Phi) is 4.66. The Morgan fingerprint density at radius 1 is 1.54 bits per heavy atom. The van der Waals surface area contributed by atoms with Crippen LogP contribution in [0.15, 0.2) is 12.2 Å². The van der Waals surface area contributed by atoms with Crippen LogP contribution in [0.5, 0.6) is 0 Å². The van der Waals surface area contributed by atoms with Crippen molar-refractivity contribution in [2.75, 3.05) is 27.2 Å². The van der Waals surface area contributed by atoms with Gasteiger partial charge in [-0.25, -0.2) is 0 Å². The van der Waals surface area contributed by atoms with Gasteiger partial charge in [0, 0.05) is 18.5 Å². The van der Waals surface area contributed by atoms with E-state index in [-0.39, 0.29) is 10.6 Å². The summed E-state index contributed by atoms with van der Waals surface area (Å²) in [6, 6.07) is 0. The van der Waals surface area contributed by atoms with Gasteiger partial charge in [-0.15, -0.1) is 0 Å². The molecule has 0 unspecified atom stereocenters. The molecule has 0 aliphatic heterocycles. The van der Waals surface area contributed by atoms with Crippen molar-refractivity contribution < 1.29 is 9.44 Å². The number of carbonyl (C=O) groups excluding carboxylic acids is 1. The number of nitrogens with one attached hydrogen (secondary N) is 1. The SMILES string of the molecule is C=C(C)C(=O)NCCC[N+](C)(C)[O-]. The van der Waals surface area contributed by atoms with Crippen LogP contribution in [0.2, 0.25) is 0 Å². The second-order valence-electron chi connectivity index (χ2n) is 3.69. The summed E-state index contributed by atoms with van der Waals surface area (Å²) < 4.78 is -0.317. The van der Waals surface area contributed by atoms with E-state index in [0.29, 0.717) is 25.1 Å². The van der Waals surface area contributed by atoms with E-state index in [0.717, 1.165) is 0 Å². The molecule has 0 saturated heterocycles. The van der Waals surface area contributed by atoms with Gasteiger partial charge < -0.3 is 15.2 Å². The van der Waals surface area contributed by atoms with Crippen LogP contribution in [0.25, 0.3) is 0 Å². The topological polar surface area (TPSA) is 52.2 Å². The molecule has 0 saturated carbocycles. The molecule has 0 spiro atoms. The van der Waals surface area contributed by atoms with Crippen molar-refractivity contribution in [2.45, 2.75) is 13.3 Å². The van der Waals surface area contributed by atoms with Gasteiger partial charge >= 0.3 is 0 Å². The summed E-state index contributed by atoms with van der Waals surface area (Å²) in [5.41, 5.74) is 0.496. The summed E-state index contributed by atoms with van der Waals surface area (Å²) in [7, 11) is 3.17. The second-order valence-corrected chi connectivity index (χ2v) is 3.69. The number of amides is 1. The maximum Gasteiger partial charge on any atom is 0.246 e. The van der Waals surface area contributed by atoms with Crippen LogP contribution in [-0.2, 0) is 4.79 Å². The lowest BCUT2D eigenvalue weighted by Crippen LogP contribution is -2.35. The van der Waals surface area contributed by atoms with E-state index in [9.17, 15) is 10.0 Å². The maximum atomic E-state index is 11.1. The molecule has 0 bridgehead atoms. The Morgan fingerprint density at radius 3 is 2.46 bits per heavy atom. The lowest BCUT2D eigenvalue weighted by atomic mass is 10.3. The van der Waals surface area contributed by atoms with Gasteiger partial charge in [0.05, 0.1) is 20.6 Å². The molecular formula is C9H18N2O2. The summed E-state index contributed by atoms with van der Waals surface area (Å²) in [5.74, 6) is -0.142. The normalized spacial score (nSPS) is 11.1. The van der Waals surface area contributed by atoms with E-state index in [4.69, 9.17) is 0 Å². The molecule has 1 N–H and O–H groups in total. The zero-order chi connectivity index (χ0) is 10.5. The van der Waals surface area contributed by atoms with Crippen LogP contribution >= 0.6 is 0 Å². The van der Waals surface area contributed by atoms with E-state index < -0.39 is 0 Å². The molecule has 0 aromatic carbocycles. The van der Waals surface area contributed by atoms with E-state index in [1.54, 1.807) is 21.0 Å². The number of carbonyl (C=O) groups is 1. The molecule has 0 heterocycles. The molecule has 76 valence electrons. The number of quaternary nitrogens is 1. The first-order valence-corrected chi connectivity index (χ1v) is 4.30. The molecule has 1 amide bonds. The van der Waals surface area contributed by atoms with Crippen molar-refractivity contribution in [1.29, 1.82) is 0 Å². The Bertz CT molecular complexity index is 194. The van der Waals surface area contributed by atoms with Gasteiger partial charge in [-0.3, -0.25) is 4.79 Å². The molecule has 4 heteroatoms. The third-order valence-corrected chi connectivity index (χ3v) is 1.55. The van der Waals surface area contributed by atoms with Crippen LogP contribution in [-0.4, -0.2) is 37.7 Å². The summed E-state index contributed by atoms with van der Waals surface area (Å²) in [6.07, 6.45) is 0.690. The van der Waals surface area contributed by atoms with Crippen molar-refractivity contribution in [2.24, 2.45) is 0 Å². The van der Waals surface area contributed by atoms with E-state index >= 15 is 0 Å². The summed E-state index contributed by atoms with van der Waals surface area (Å²) in [4.78, 5) is 11.0. The molecular weight excluding hydrogens is 168 g/mol. The molecule has 0 aliphatic carbocycles. The highest BCUT2D eigenvalue weighted by molar-refractivity contribution is 5.91. The standard InChI is InChI=1S/C9H18N2O2/c1-8(2)9(12)10-6-5-7-11(3,4)13/h1,5-7H2,2-4H3,(H,10,12). The summed E-state index contributed by atoms with van der Waals surface area (Å²) in [6.45, 7) is 6.21. The van der Waals surface area contributed by atoms with E-state index in [1.807, 2.05) is 0 Å². The van der Waals surface area contributed by atoms with Gasteiger partial charge in [0.2, 0.25) is 5.91 Å². The van der Waals surface area contributed by atoms with Gasteiger partial charge in [0.1, 0.15) is 0 Å². The smallest absolute Gasteiger partial charge is 0.246 e. The Morgan fingerprint density at radius 2 is 2.08 bits per heavy atom. The highest BCUT2D eigenvalue weighted by Gasteiger charge is 2.03. The number of nitrogens with zero attached hydrogens (tertiary/aromatic N) is 1.